The average molecular weight is 888 g/mol. The number of unbranched alkanes of at least 4 members (excludes halogenated alkanes) is 22. The number of allylic oxidation sites excluding steroid dienone is 3. The molecule has 2 rings (SSSR count). The summed E-state index contributed by atoms with van der Waals surface area (Å²) in [4.78, 5) is 13.1. The van der Waals surface area contributed by atoms with Gasteiger partial charge in [0.15, 0.2) is 12.6 Å². The van der Waals surface area contributed by atoms with Gasteiger partial charge < -0.3 is 65.1 Å². The molecule has 12 unspecified atom stereocenters. The zero-order chi connectivity index (χ0) is 45.4. The van der Waals surface area contributed by atoms with Crippen molar-refractivity contribution in [2.24, 2.45) is 0 Å². The summed E-state index contributed by atoms with van der Waals surface area (Å²) in [5.41, 5.74) is 0. The monoisotopic (exact) mass is 888 g/mol. The number of amides is 1. The zero-order valence-electron chi connectivity index (χ0n) is 38.4. The number of carbonyl (C=O) groups excluding carboxylic acids is 1. The van der Waals surface area contributed by atoms with Crippen LogP contribution in [0.15, 0.2) is 24.3 Å². The van der Waals surface area contributed by atoms with Gasteiger partial charge in [-0.1, -0.05) is 167 Å². The summed E-state index contributed by atoms with van der Waals surface area (Å²) in [6.45, 7) is 2.75. The van der Waals surface area contributed by atoms with Gasteiger partial charge in [0.2, 0.25) is 5.91 Å². The van der Waals surface area contributed by atoms with Crippen LogP contribution >= 0.6 is 0 Å². The van der Waals surface area contributed by atoms with E-state index in [1.54, 1.807) is 6.08 Å². The summed E-state index contributed by atoms with van der Waals surface area (Å²) < 4.78 is 22.6. The van der Waals surface area contributed by atoms with Crippen molar-refractivity contribution in [2.45, 2.75) is 254 Å². The molecule has 2 aliphatic heterocycles. The summed E-state index contributed by atoms with van der Waals surface area (Å²) in [5.74, 6) is -0.250. The summed E-state index contributed by atoms with van der Waals surface area (Å²) >= 11 is 0. The van der Waals surface area contributed by atoms with Crippen LogP contribution in [0.3, 0.4) is 0 Å². The van der Waals surface area contributed by atoms with E-state index in [2.05, 4.69) is 31.3 Å². The Morgan fingerprint density at radius 2 is 1.03 bits per heavy atom. The molecule has 14 heteroatoms. The van der Waals surface area contributed by atoms with Crippen LogP contribution in [0.2, 0.25) is 0 Å². The molecule has 1 amide bonds. The first-order valence-corrected chi connectivity index (χ1v) is 24.6. The Morgan fingerprint density at radius 1 is 0.565 bits per heavy atom. The van der Waals surface area contributed by atoms with E-state index in [1.807, 2.05) is 6.08 Å². The normalized spacial score (nSPS) is 27.9. The molecule has 0 spiro atoms. The molecule has 2 fully saturated rings. The fourth-order valence-electron chi connectivity index (χ4n) is 8.07. The minimum Gasteiger partial charge on any atom is -0.394 e. The van der Waals surface area contributed by atoms with Crippen LogP contribution in [-0.2, 0) is 23.7 Å². The lowest BCUT2D eigenvalue weighted by molar-refractivity contribution is -0.359. The second-order valence-corrected chi connectivity index (χ2v) is 17.6. The van der Waals surface area contributed by atoms with Crippen molar-refractivity contribution in [3.05, 3.63) is 24.3 Å². The van der Waals surface area contributed by atoms with E-state index in [4.69, 9.17) is 18.9 Å². The van der Waals surface area contributed by atoms with Gasteiger partial charge in [-0.2, -0.15) is 0 Å². The van der Waals surface area contributed by atoms with Crippen molar-refractivity contribution in [3.8, 4) is 0 Å². The van der Waals surface area contributed by atoms with Gasteiger partial charge in [-0.25, -0.2) is 0 Å². The van der Waals surface area contributed by atoms with Gasteiger partial charge in [0.1, 0.15) is 48.8 Å². The first-order valence-electron chi connectivity index (χ1n) is 24.6. The van der Waals surface area contributed by atoms with Gasteiger partial charge >= 0.3 is 0 Å². The number of aliphatic hydroxyl groups is 8. The Kier molecular flexibility index (Phi) is 32.6. The lowest BCUT2D eigenvalue weighted by Gasteiger charge is -2.46. The predicted molar refractivity (Wildman–Crippen MR) is 240 cm³/mol. The Morgan fingerprint density at radius 3 is 1.58 bits per heavy atom. The number of hydrogen-bond donors (Lipinski definition) is 9. The molecule has 9 N–H and O–H groups in total. The number of aliphatic hydroxyl groups excluding tert-OH is 8. The van der Waals surface area contributed by atoms with Crippen LogP contribution < -0.4 is 5.32 Å². The van der Waals surface area contributed by atoms with Crippen molar-refractivity contribution in [3.63, 3.8) is 0 Å². The molecule has 14 nitrogen and oxygen atoms in total. The summed E-state index contributed by atoms with van der Waals surface area (Å²) in [7, 11) is 0. The molecular weight excluding hydrogens is 799 g/mol. The quantitative estimate of drug-likeness (QED) is 0.0267. The topological polar surface area (TPSA) is 228 Å². The van der Waals surface area contributed by atoms with Crippen LogP contribution in [0.25, 0.3) is 0 Å². The summed E-state index contributed by atoms with van der Waals surface area (Å²) in [5, 5.41) is 86.6. The van der Waals surface area contributed by atoms with Gasteiger partial charge in [-0.05, 0) is 32.1 Å². The highest BCUT2D eigenvalue weighted by atomic mass is 16.7. The van der Waals surface area contributed by atoms with Crippen LogP contribution in [0.4, 0.5) is 0 Å². The lowest BCUT2D eigenvalue weighted by Crippen LogP contribution is -2.65. The molecule has 0 aromatic carbocycles. The molecule has 0 radical (unpaired) electrons. The van der Waals surface area contributed by atoms with E-state index in [-0.39, 0.29) is 18.9 Å². The lowest BCUT2D eigenvalue weighted by atomic mass is 9.97. The van der Waals surface area contributed by atoms with E-state index in [0.717, 1.165) is 32.1 Å². The summed E-state index contributed by atoms with van der Waals surface area (Å²) in [6.07, 6.45) is 20.8. The van der Waals surface area contributed by atoms with Crippen LogP contribution in [0.5, 0.6) is 0 Å². The van der Waals surface area contributed by atoms with E-state index in [0.29, 0.717) is 12.8 Å². The van der Waals surface area contributed by atoms with Crippen molar-refractivity contribution in [1.82, 2.24) is 5.32 Å². The maximum atomic E-state index is 13.1. The van der Waals surface area contributed by atoms with Crippen LogP contribution in [-0.4, -0.2) is 140 Å². The Labute approximate surface area is 373 Å². The van der Waals surface area contributed by atoms with Crippen molar-refractivity contribution in [1.29, 1.82) is 0 Å². The Balaban J connectivity index is 1.89. The van der Waals surface area contributed by atoms with Crippen LogP contribution in [0, 0.1) is 0 Å². The first kappa shape index (κ1) is 56.6. The molecule has 0 bridgehead atoms. The molecule has 2 aliphatic rings. The number of hydrogen-bond acceptors (Lipinski definition) is 13. The highest BCUT2D eigenvalue weighted by Gasteiger charge is 2.51. The fourth-order valence-corrected chi connectivity index (χ4v) is 8.07. The minimum absolute atomic E-state index is 0.250. The van der Waals surface area contributed by atoms with Gasteiger partial charge in [-0.3, -0.25) is 4.79 Å². The highest BCUT2D eigenvalue weighted by molar-refractivity contribution is 5.76. The third-order valence-electron chi connectivity index (χ3n) is 12.1. The van der Waals surface area contributed by atoms with Crippen molar-refractivity contribution < 1.29 is 64.6 Å². The molecule has 0 aliphatic carbocycles. The molecule has 0 aromatic rings. The largest absolute Gasteiger partial charge is 0.394 e. The maximum Gasteiger partial charge on any atom is 0.220 e. The molecule has 12 atom stereocenters. The fraction of sp³-hybridized carbons (Fsp3) is 0.896. The van der Waals surface area contributed by atoms with Gasteiger partial charge in [0, 0.05) is 6.42 Å². The van der Waals surface area contributed by atoms with E-state index in [1.165, 1.54) is 116 Å². The molecule has 2 saturated heterocycles. The molecular formula is C48H89NO13. The number of carbonyl (C=O) groups is 1. The van der Waals surface area contributed by atoms with Crippen molar-refractivity contribution in [2.75, 3.05) is 19.8 Å². The van der Waals surface area contributed by atoms with Crippen molar-refractivity contribution >= 4 is 5.91 Å². The molecule has 62 heavy (non-hydrogen) atoms. The van der Waals surface area contributed by atoms with E-state index in [9.17, 15) is 45.6 Å². The maximum absolute atomic E-state index is 13.1. The number of ether oxygens (including phenoxy) is 4. The minimum atomic E-state index is -1.79. The zero-order valence-corrected chi connectivity index (χ0v) is 38.4. The summed E-state index contributed by atoms with van der Waals surface area (Å²) in [6, 6.07) is -0.925. The van der Waals surface area contributed by atoms with Gasteiger partial charge in [-0.15, -0.1) is 0 Å². The van der Waals surface area contributed by atoms with Crippen LogP contribution in [0.1, 0.15) is 181 Å². The van der Waals surface area contributed by atoms with Gasteiger partial charge in [0.25, 0.3) is 0 Å². The smallest absolute Gasteiger partial charge is 0.220 e. The second kappa shape index (κ2) is 35.7. The number of rotatable bonds is 37. The molecule has 2 heterocycles. The molecule has 364 valence electrons. The molecule has 0 saturated carbocycles. The standard InChI is InChI=1S/C48H89NO13/c1-3-5-7-9-11-13-15-17-18-20-21-23-25-27-29-31-37(52)36(49-40(53)32-30-28-26-24-22-19-16-14-12-10-8-6-4-2)35-59-47-45(58)43(56)46(39(34-51)61-47)62-48-44(57)42(55)41(54)38(33-50)60-48/h21,23,29,31,36-39,41-48,50-52,54-58H,3-20,22,24-28,30,32-35H2,1-2H3,(H,49,53)/b23-21+,31-29+. The average Bonchev–Trinajstić information content (AvgIpc) is 3.27. The second-order valence-electron chi connectivity index (χ2n) is 17.6. The Bertz CT molecular complexity index is 1140. The third kappa shape index (κ3) is 23.1. The van der Waals surface area contributed by atoms with E-state index >= 15 is 0 Å². The predicted octanol–water partition coefficient (Wildman–Crippen LogP) is 5.77. The first-order chi connectivity index (χ1) is 30.1. The highest BCUT2D eigenvalue weighted by Crippen LogP contribution is 2.30. The molecule has 0 aromatic heterocycles. The van der Waals surface area contributed by atoms with E-state index < -0.39 is 86.8 Å². The number of nitrogens with one attached hydrogen (secondary N) is 1. The van der Waals surface area contributed by atoms with Gasteiger partial charge in [0.05, 0.1) is 32.0 Å². The Hall–Kier alpha value is -1.53. The SMILES string of the molecule is CCCCCCCCCCC/C=C/CC/C=C/C(O)C(COC1OC(CO)C(OC2OC(CO)C(O)C(O)C2O)C(O)C1O)NC(=O)CCCCCCCCCCCCCCC. The third-order valence-corrected chi connectivity index (χ3v) is 12.1.